The number of fused-ring (bicyclic) bond motifs is 1. The Labute approximate surface area is 114 Å². The van der Waals surface area contributed by atoms with Crippen LogP contribution in [0.2, 0.25) is 0 Å². The van der Waals surface area contributed by atoms with Crippen LogP contribution >= 0.6 is 0 Å². The first kappa shape index (κ1) is 13.4. The van der Waals surface area contributed by atoms with Gasteiger partial charge in [0.2, 0.25) is 5.91 Å². The van der Waals surface area contributed by atoms with Gasteiger partial charge in [-0.25, -0.2) is 8.42 Å². The van der Waals surface area contributed by atoms with Crippen molar-refractivity contribution in [1.82, 2.24) is 10.2 Å². The van der Waals surface area contributed by atoms with Crippen LogP contribution in [0.15, 0.2) is 0 Å². The highest BCUT2D eigenvalue weighted by Gasteiger charge is 2.45. The van der Waals surface area contributed by atoms with Crippen molar-refractivity contribution in [1.29, 1.82) is 0 Å². The van der Waals surface area contributed by atoms with Gasteiger partial charge in [-0.2, -0.15) is 0 Å². The van der Waals surface area contributed by atoms with Crippen LogP contribution in [0.4, 0.5) is 0 Å². The fourth-order valence-electron chi connectivity index (χ4n) is 3.94. The number of likely N-dealkylation sites (N-methyl/N-ethyl adjacent to an activating group) is 1. The zero-order valence-electron chi connectivity index (χ0n) is 11.3. The zero-order chi connectivity index (χ0) is 13.6. The predicted octanol–water partition coefficient (Wildman–Crippen LogP) is 0.0200. The first-order valence-corrected chi connectivity index (χ1v) is 9.00. The number of carbonyl (C=O) groups excluding carboxylic acids is 1. The molecule has 2 heterocycles. The van der Waals surface area contributed by atoms with E-state index in [4.69, 9.17) is 0 Å². The third kappa shape index (κ3) is 2.40. The highest BCUT2D eigenvalue weighted by Crippen LogP contribution is 2.38. The van der Waals surface area contributed by atoms with Gasteiger partial charge in [-0.15, -0.1) is 0 Å². The van der Waals surface area contributed by atoms with E-state index in [1.807, 2.05) is 0 Å². The largest absolute Gasteiger partial charge is 0.340 e. The van der Waals surface area contributed by atoms with Crippen molar-refractivity contribution in [3.8, 4) is 0 Å². The maximum Gasteiger partial charge on any atom is 0.240 e. The lowest BCUT2D eigenvalue weighted by molar-refractivity contribution is -0.134. The van der Waals surface area contributed by atoms with Crippen LogP contribution < -0.4 is 5.32 Å². The molecule has 0 aromatic heterocycles. The Morgan fingerprint density at radius 2 is 2.05 bits per heavy atom. The number of rotatable bonds is 2. The number of sulfone groups is 1. The third-order valence-electron chi connectivity index (χ3n) is 5.12. The third-order valence-corrected chi connectivity index (χ3v) is 6.87. The molecule has 3 fully saturated rings. The summed E-state index contributed by atoms with van der Waals surface area (Å²) >= 11 is 0. The van der Waals surface area contributed by atoms with E-state index in [0.717, 1.165) is 13.0 Å². The summed E-state index contributed by atoms with van der Waals surface area (Å²) in [5.41, 5.74) is 0. The standard InChI is InChI=1S/C13H22N2O3S/c1-15(10-5-6-19(17,18)8-10)13(16)12-11-4-2-3-9(11)7-14-12/h9-12,14H,2-8H2,1H3. The van der Waals surface area contributed by atoms with Crippen LogP contribution in [0.5, 0.6) is 0 Å². The van der Waals surface area contributed by atoms with Gasteiger partial charge in [0.15, 0.2) is 9.84 Å². The predicted molar refractivity (Wildman–Crippen MR) is 72.5 cm³/mol. The van der Waals surface area contributed by atoms with Crippen molar-refractivity contribution < 1.29 is 13.2 Å². The quantitative estimate of drug-likeness (QED) is 0.777. The second-order valence-corrected chi connectivity index (χ2v) is 8.48. The molecule has 6 heteroatoms. The van der Waals surface area contributed by atoms with Gasteiger partial charge in [-0.1, -0.05) is 6.42 Å². The molecule has 108 valence electrons. The Kier molecular flexibility index (Phi) is 3.33. The summed E-state index contributed by atoms with van der Waals surface area (Å²) in [7, 11) is -1.17. The molecule has 4 atom stereocenters. The molecule has 3 rings (SSSR count). The van der Waals surface area contributed by atoms with Gasteiger partial charge < -0.3 is 10.2 Å². The average Bonchev–Trinajstić information content (AvgIpc) is 3.01. The highest BCUT2D eigenvalue weighted by atomic mass is 32.2. The minimum atomic E-state index is -2.93. The molecule has 0 aromatic rings. The summed E-state index contributed by atoms with van der Waals surface area (Å²) in [5.74, 6) is 1.56. The van der Waals surface area contributed by atoms with Crippen molar-refractivity contribution >= 4 is 15.7 Å². The van der Waals surface area contributed by atoms with Gasteiger partial charge in [0.25, 0.3) is 0 Å². The summed E-state index contributed by atoms with van der Waals surface area (Å²) in [6.07, 6.45) is 4.17. The molecule has 5 nitrogen and oxygen atoms in total. The van der Waals surface area contributed by atoms with E-state index in [1.54, 1.807) is 11.9 Å². The molecule has 0 bridgehead atoms. The number of hydrogen-bond acceptors (Lipinski definition) is 4. The van der Waals surface area contributed by atoms with Gasteiger partial charge in [0.05, 0.1) is 17.5 Å². The fraction of sp³-hybridized carbons (Fsp3) is 0.923. The van der Waals surface area contributed by atoms with E-state index in [-0.39, 0.29) is 29.5 Å². The highest BCUT2D eigenvalue weighted by molar-refractivity contribution is 7.91. The Hall–Kier alpha value is -0.620. The van der Waals surface area contributed by atoms with E-state index in [0.29, 0.717) is 18.3 Å². The first-order valence-electron chi connectivity index (χ1n) is 7.18. The molecular formula is C13H22N2O3S. The van der Waals surface area contributed by atoms with Gasteiger partial charge in [0, 0.05) is 13.1 Å². The van der Waals surface area contributed by atoms with E-state index < -0.39 is 9.84 Å². The molecule has 4 unspecified atom stereocenters. The topological polar surface area (TPSA) is 66.5 Å². The van der Waals surface area contributed by atoms with Crippen molar-refractivity contribution in [3.05, 3.63) is 0 Å². The fourth-order valence-corrected chi connectivity index (χ4v) is 5.71. The van der Waals surface area contributed by atoms with Crippen LogP contribution in [0.1, 0.15) is 25.7 Å². The van der Waals surface area contributed by atoms with Crippen molar-refractivity contribution in [2.45, 2.75) is 37.8 Å². The molecular weight excluding hydrogens is 264 g/mol. The van der Waals surface area contributed by atoms with E-state index in [9.17, 15) is 13.2 Å². The van der Waals surface area contributed by atoms with Crippen molar-refractivity contribution in [2.24, 2.45) is 11.8 Å². The maximum atomic E-state index is 12.6. The van der Waals surface area contributed by atoms with E-state index in [1.165, 1.54) is 12.8 Å². The summed E-state index contributed by atoms with van der Waals surface area (Å²) in [5, 5.41) is 3.34. The van der Waals surface area contributed by atoms with Crippen LogP contribution in [-0.4, -0.2) is 56.4 Å². The zero-order valence-corrected chi connectivity index (χ0v) is 12.2. The van der Waals surface area contributed by atoms with Crippen molar-refractivity contribution in [2.75, 3.05) is 25.1 Å². The van der Waals surface area contributed by atoms with Crippen LogP contribution in [0, 0.1) is 11.8 Å². The molecule has 2 aliphatic heterocycles. The molecule has 0 aromatic carbocycles. The molecule has 0 spiro atoms. The molecule has 1 amide bonds. The molecule has 0 radical (unpaired) electrons. The number of amides is 1. The lowest BCUT2D eigenvalue weighted by Crippen LogP contribution is -2.49. The molecule has 2 saturated heterocycles. The second kappa shape index (κ2) is 4.74. The summed E-state index contributed by atoms with van der Waals surface area (Å²) in [4.78, 5) is 14.2. The van der Waals surface area contributed by atoms with Gasteiger partial charge in [-0.3, -0.25) is 4.79 Å². The number of nitrogens with one attached hydrogen (secondary N) is 1. The molecule has 3 aliphatic rings. The van der Waals surface area contributed by atoms with Gasteiger partial charge >= 0.3 is 0 Å². The normalized spacial score (nSPS) is 40.3. The SMILES string of the molecule is CN(C(=O)C1NCC2CCCC21)C1CCS(=O)(=O)C1. The molecule has 1 saturated carbocycles. The summed E-state index contributed by atoms with van der Waals surface area (Å²) < 4.78 is 23.0. The smallest absolute Gasteiger partial charge is 0.240 e. The lowest BCUT2D eigenvalue weighted by atomic mass is 9.93. The summed E-state index contributed by atoms with van der Waals surface area (Å²) in [6, 6.07) is -0.208. The van der Waals surface area contributed by atoms with E-state index >= 15 is 0 Å². The number of hydrogen-bond donors (Lipinski definition) is 1. The minimum absolute atomic E-state index is 0.0826. The second-order valence-electron chi connectivity index (χ2n) is 6.25. The Morgan fingerprint density at radius 1 is 1.26 bits per heavy atom. The average molecular weight is 286 g/mol. The van der Waals surface area contributed by atoms with Crippen LogP contribution in [0.3, 0.4) is 0 Å². The number of carbonyl (C=O) groups is 1. The first-order chi connectivity index (χ1) is 8.98. The van der Waals surface area contributed by atoms with Gasteiger partial charge in [0.1, 0.15) is 0 Å². The summed E-state index contributed by atoms with van der Waals surface area (Å²) in [6.45, 7) is 0.942. The Morgan fingerprint density at radius 3 is 2.74 bits per heavy atom. The molecule has 1 aliphatic carbocycles. The monoisotopic (exact) mass is 286 g/mol. The number of nitrogens with zero attached hydrogens (tertiary/aromatic N) is 1. The molecule has 1 N–H and O–H groups in total. The van der Waals surface area contributed by atoms with Crippen LogP contribution in [-0.2, 0) is 14.6 Å². The van der Waals surface area contributed by atoms with Crippen LogP contribution in [0.25, 0.3) is 0 Å². The minimum Gasteiger partial charge on any atom is -0.340 e. The maximum absolute atomic E-state index is 12.6. The van der Waals surface area contributed by atoms with Crippen molar-refractivity contribution in [3.63, 3.8) is 0 Å². The Balaban J connectivity index is 1.67. The Bertz CT molecular complexity index is 476. The van der Waals surface area contributed by atoms with E-state index in [2.05, 4.69) is 5.32 Å². The molecule has 19 heavy (non-hydrogen) atoms. The lowest BCUT2D eigenvalue weighted by Gasteiger charge is -2.28. The van der Waals surface area contributed by atoms with Gasteiger partial charge in [-0.05, 0) is 37.6 Å².